The van der Waals surface area contributed by atoms with Gasteiger partial charge in [-0.05, 0) is 35.7 Å². The predicted molar refractivity (Wildman–Crippen MR) is 92.7 cm³/mol. The fourth-order valence-electron chi connectivity index (χ4n) is 2.33. The fourth-order valence-corrected chi connectivity index (χ4v) is 2.33. The molecule has 2 aromatic rings. The molecule has 0 spiro atoms. The molecule has 0 unspecified atom stereocenters. The lowest BCUT2D eigenvalue weighted by Crippen LogP contribution is -2.24. The van der Waals surface area contributed by atoms with Gasteiger partial charge in [-0.25, -0.2) is 0 Å². The first-order valence-corrected chi connectivity index (χ1v) is 7.81. The molecule has 0 radical (unpaired) electrons. The van der Waals surface area contributed by atoms with E-state index in [0.717, 1.165) is 11.1 Å². The lowest BCUT2D eigenvalue weighted by atomic mass is 10.1. The van der Waals surface area contributed by atoms with Crippen molar-refractivity contribution in [3.8, 4) is 5.75 Å². The molecular weight excluding hydrogens is 304 g/mol. The third kappa shape index (κ3) is 4.84. The van der Waals surface area contributed by atoms with Crippen LogP contribution in [0.1, 0.15) is 27.9 Å². The van der Waals surface area contributed by atoms with E-state index in [1.807, 2.05) is 12.1 Å². The number of phenols is 1. The van der Waals surface area contributed by atoms with E-state index in [1.165, 1.54) is 4.90 Å². The van der Waals surface area contributed by atoms with E-state index >= 15 is 0 Å². The summed E-state index contributed by atoms with van der Waals surface area (Å²) in [5.74, 6) is 0.0468. The van der Waals surface area contributed by atoms with Crippen molar-refractivity contribution in [1.82, 2.24) is 10.2 Å². The zero-order chi connectivity index (χ0) is 17.5. The fraction of sp³-hybridized carbons (Fsp3) is 0.263. The topological polar surface area (TPSA) is 69.6 Å². The number of hydrogen-bond acceptors (Lipinski definition) is 3. The van der Waals surface area contributed by atoms with Gasteiger partial charge < -0.3 is 15.3 Å². The average molecular weight is 326 g/mol. The lowest BCUT2D eigenvalue weighted by Gasteiger charge is -2.11. The summed E-state index contributed by atoms with van der Waals surface area (Å²) in [5, 5.41) is 12.5. The molecule has 24 heavy (non-hydrogen) atoms. The third-order valence-electron chi connectivity index (χ3n) is 3.68. The van der Waals surface area contributed by atoms with Gasteiger partial charge in [0.15, 0.2) is 0 Å². The highest BCUT2D eigenvalue weighted by molar-refractivity contribution is 5.94. The number of para-hydroxylation sites is 1. The van der Waals surface area contributed by atoms with Crippen molar-refractivity contribution >= 4 is 11.8 Å². The van der Waals surface area contributed by atoms with Crippen LogP contribution < -0.4 is 5.32 Å². The number of carbonyl (C=O) groups is 2. The Hall–Kier alpha value is -2.82. The first-order valence-electron chi connectivity index (χ1n) is 7.81. The molecule has 0 aromatic heterocycles. The minimum Gasteiger partial charge on any atom is -0.508 e. The van der Waals surface area contributed by atoms with Crippen molar-refractivity contribution in [2.24, 2.45) is 0 Å². The summed E-state index contributed by atoms with van der Waals surface area (Å²) in [7, 11) is 3.41. The lowest BCUT2D eigenvalue weighted by molar-refractivity contribution is -0.121. The van der Waals surface area contributed by atoms with Crippen molar-refractivity contribution in [2.75, 3.05) is 14.1 Å². The Labute approximate surface area is 141 Å². The summed E-state index contributed by atoms with van der Waals surface area (Å²) < 4.78 is 0. The highest BCUT2D eigenvalue weighted by Crippen LogP contribution is 2.17. The Kier molecular flexibility index (Phi) is 5.95. The minimum atomic E-state index is -0.0948. The van der Waals surface area contributed by atoms with Gasteiger partial charge >= 0.3 is 0 Å². The van der Waals surface area contributed by atoms with Crippen molar-refractivity contribution in [3.05, 3.63) is 65.2 Å². The number of aryl methyl sites for hydroxylation is 1. The SMILES string of the molecule is CN(C)C(=O)c1cccc(CNC(=O)CCc2ccccc2O)c1. The van der Waals surface area contributed by atoms with Gasteiger partial charge in [0.25, 0.3) is 5.91 Å². The van der Waals surface area contributed by atoms with Crippen LogP contribution in [0, 0.1) is 0 Å². The minimum absolute atomic E-state index is 0.0669. The van der Waals surface area contributed by atoms with E-state index in [9.17, 15) is 14.7 Å². The van der Waals surface area contributed by atoms with Crippen molar-refractivity contribution < 1.29 is 14.7 Å². The maximum atomic E-state index is 12.0. The van der Waals surface area contributed by atoms with Crippen molar-refractivity contribution in [2.45, 2.75) is 19.4 Å². The second kappa shape index (κ2) is 8.15. The largest absolute Gasteiger partial charge is 0.508 e. The Morgan fingerprint density at radius 2 is 1.83 bits per heavy atom. The van der Waals surface area contributed by atoms with Gasteiger partial charge in [0.05, 0.1) is 0 Å². The number of rotatable bonds is 6. The molecule has 0 aliphatic heterocycles. The Balaban J connectivity index is 1.87. The van der Waals surface area contributed by atoms with E-state index in [4.69, 9.17) is 0 Å². The molecule has 126 valence electrons. The highest BCUT2D eigenvalue weighted by atomic mass is 16.3. The van der Waals surface area contributed by atoms with Crippen LogP contribution in [0.4, 0.5) is 0 Å². The summed E-state index contributed by atoms with van der Waals surface area (Å²) in [5.41, 5.74) is 2.23. The highest BCUT2D eigenvalue weighted by Gasteiger charge is 2.09. The van der Waals surface area contributed by atoms with Crippen LogP contribution in [0.25, 0.3) is 0 Å². The molecule has 2 N–H and O–H groups in total. The summed E-state index contributed by atoms with van der Waals surface area (Å²) >= 11 is 0. The summed E-state index contributed by atoms with van der Waals surface area (Å²) in [6.07, 6.45) is 0.783. The zero-order valence-corrected chi connectivity index (χ0v) is 14.0. The van der Waals surface area contributed by atoms with Crippen LogP contribution in [-0.4, -0.2) is 35.9 Å². The molecule has 5 nitrogen and oxygen atoms in total. The summed E-state index contributed by atoms with van der Waals surface area (Å²) in [6.45, 7) is 0.369. The van der Waals surface area contributed by atoms with E-state index in [0.29, 0.717) is 24.9 Å². The molecular formula is C19H22N2O3. The van der Waals surface area contributed by atoms with Gasteiger partial charge in [0.1, 0.15) is 5.75 Å². The maximum absolute atomic E-state index is 12.0. The zero-order valence-electron chi connectivity index (χ0n) is 14.0. The van der Waals surface area contributed by atoms with E-state index in [1.54, 1.807) is 50.5 Å². The molecule has 2 rings (SSSR count). The van der Waals surface area contributed by atoms with Crippen LogP contribution >= 0.6 is 0 Å². The maximum Gasteiger partial charge on any atom is 0.253 e. The first-order chi connectivity index (χ1) is 11.5. The first kappa shape index (κ1) is 17.5. The molecule has 0 heterocycles. The molecule has 0 fully saturated rings. The Morgan fingerprint density at radius 3 is 2.54 bits per heavy atom. The number of aromatic hydroxyl groups is 1. The van der Waals surface area contributed by atoms with Gasteiger partial charge in [-0.2, -0.15) is 0 Å². The summed E-state index contributed by atoms with van der Waals surface area (Å²) in [4.78, 5) is 25.4. The van der Waals surface area contributed by atoms with Gasteiger partial charge in [-0.15, -0.1) is 0 Å². The smallest absolute Gasteiger partial charge is 0.253 e. The number of hydrogen-bond donors (Lipinski definition) is 2. The number of carbonyl (C=O) groups excluding carboxylic acids is 2. The van der Waals surface area contributed by atoms with Gasteiger partial charge in [0.2, 0.25) is 5.91 Å². The molecule has 0 aliphatic carbocycles. The number of phenolic OH excluding ortho intramolecular Hbond substituents is 1. The molecule has 0 bridgehead atoms. The van der Waals surface area contributed by atoms with Gasteiger partial charge in [0, 0.05) is 32.6 Å². The number of amides is 2. The van der Waals surface area contributed by atoms with Crippen molar-refractivity contribution in [1.29, 1.82) is 0 Å². The van der Waals surface area contributed by atoms with Crippen LogP contribution in [0.2, 0.25) is 0 Å². The molecule has 5 heteroatoms. The monoisotopic (exact) mass is 326 g/mol. The number of benzene rings is 2. The number of nitrogens with one attached hydrogen (secondary N) is 1. The van der Waals surface area contributed by atoms with Crippen LogP contribution in [0.5, 0.6) is 5.75 Å². The average Bonchev–Trinajstić information content (AvgIpc) is 2.58. The predicted octanol–water partition coefficient (Wildman–Crippen LogP) is 2.34. The third-order valence-corrected chi connectivity index (χ3v) is 3.68. The second-order valence-electron chi connectivity index (χ2n) is 5.81. The summed E-state index contributed by atoms with van der Waals surface area (Å²) in [6, 6.07) is 14.2. The molecule has 2 amide bonds. The quantitative estimate of drug-likeness (QED) is 0.856. The molecule has 0 saturated carbocycles. The van der Waals surface area contributed by atoms with Crippen LogP contribution in [0.15, 0.2) is 48.5 Å². The van der Waals surface area contributed by atoms with E-state index < -0.39 is 0 Å². The molecule has 2 aromatic carbocycles. The van der Waals surface area contributed by atoms with Crippen LogP contribution in [-0.2, 0) is 17.8 Å². The number of nitrogens with zero attached hydrogens (tertiary/aromatic N) is 1. The molecule has 0 saturated heterocycles. The van der Waals surface area contributed by atoms with Crippen LogP contribution in [0.3, 0.4) is 0 Å². The van der Waals surface area contributed by atoms with Gasteiger partial charge in [-0.1, -0.05) is 30.3 Å². The van der Waals surface area contributed by atoms with E-state index in [-0.39, 0.29) is 17.6 Å². The van der Waals surface area contributed by atoms with Crippen molar-refractivity contribution in [3.63, 3.8) is 0 Å². The standard InChI is InChI=1S/C19H22N2O3/c1-21(2)19(24)16-8-5-6-14(12-16)13-20-18(23)11-10-15-7-3-4-9-17(15)22/h3-9,12,22H,10-11,13H2,1-2H3,(H,20,23). The van der Waals surface area contributed by atoms with Gasteiger partial charge in [-0.3, -0.25) is 9.59 Å². The molecule has 0 aliphatic rings. The normalized spacial score (nSPS) is 10.2. The Bertz CT molecular complexity index is 726. The van der Waals surface area contributed by atoms with E-state index in [2.05, 4.69) is 5.32 Å². The Morgan fingerprint density at radius 1 is 1.08 bits per heavy atom. The second-order valence-corrected chi connectivity index (χ2v) is 5.81. The molecule has 0 atom stereocenters.